The standard InChI is InChI=1S/C10H18N2OS/c1-4-7(2)11-9(5-13)10-6-14-8(3)12-10/h6-7,9,11,13H,4-5H2,1-3H3. The maximum absolute atomic E-state index is 9.24. The SMILES string of the molecule is CCC(C)NC(CO)c1csc(C)n1. The van der Waals surface area contributed by atoms with Crippen molar-refractivity contribution in [3.8, 4) is 0 Å². The van der Waals surface area contributed by atoms with Gasteiger partial charge in [-0.25, -0.2) is 4.98 Å². The van der Waals surface area contributed by atoms with Gasteiger partial charge in [-0.3, -0.25) is 0 Å². The Morgan fingerprint density at radius 1 is 1.64 bits per heavy atom. The number of aryl methyl sites for hydroxylation is 1. The number of rotatable bonds is 5. The smallest absolute Gasteiger partial charge is 0.0898 e. The molecule has 0 radical (unpaired) electrons. The van der Waals surface area contributed by atoms with Gasteiger partial charge >= 0.3 is 0 Å². The van der Waals surface area contributed by atoms with Crippen molar-refractivity contribution in [3.05, 3.63) is 16.1 Å². The molecule has 0 saturated heterocycles. The third-order valence-electron chi connectivity index (χ3n) is 2.27. The van der Waals surface area contributed by atoms with Crippen molar-refractivity contribution in [1.82, 2.24) is 10.3 Å². The summed E-state index contributed by atoms with van der Waals surface area (Å²) in [4.78, 5) is 4.37. The van der Waals surface area contributed by atoms with Crippen molar-refractivity contribution < 1.29 is 5.11 Å². The fraction of sp³-hybridized carbons (Fsp3) is 0.700. The second-order valence-corrected chi connectivity index (χ2v) is 4.56. The first-order valence-corrected chi connectivity index (χ1v) is 5.84. The van der Waals surface area contributed by atoms with E-state index in [1.807, 2.05) is 12.3 Å². The molecule has 0 fully saturated rings. The fourth-order valence-corrected chi connectivity index (χ4v) is 1.90. The van der Waals surface area contributed by atoms with Crippen LogP contribution in [0.5, 0.6) is 0 Å². The topological polar surface area (TPSA) is 45.1 Å². The highest BCUT2D eigenvalue weighted by atomic mass is 32.1. The molecular formula is C10H18N2OS. The Hall–Kier alpha value is -0.450. The molecule has 1 rings (SSSR count). The summed E-state index contributed by atoms with van der Waals surface area (Å²) in [6.45, 7) is 6.32. The molecule has 14 heavy (non-hydrogen) atoms. The zero-order valence-electron chi connectivity index (χ0n) is 8.95. The lowest BCUT2D eigenvalue weighted by atomic mass is 10.2. The van der Waals surface area contributed by atoms with Gasteiger partial charge in [0, 0.05) is 11.4 Å². The van der Waals surface area contributed by atoms with Crippen LogP contribution in [-0.4, -0.2) is 22.7 Å². The average molecular weight is 214 g/mol. The largest absolute Gasteiger partial charge is 0.394 e. The highest BCUT2D eigenvalue weighted by molar-refractivity contribution is 7.09. The van der Waals surface area contributed by atoms with Crippen LogP contribution in [0.15, 0.2) is 5.38 Å². The van der Waals surface area contributed by atoms with Crippen LogP contribution < -0.4 is 5.32 Å². The van der Waals surface area contributed by atoms with Crippen LogP contribution in [0.4, 0.5) is 0 Å². The van der Waals surface area contributed by atoms with E-state index in [0.717, 1.165) is 17.1 Å². The summed E-state index contributed by atoms with van der Waals surface area (Å²) in [7, 11) is 0. The number of aliphatic hydroxyl groups is 1. The zero-order chi connectivity index (χ0) is 10.6. The monoisotopic (exact) mass is 214 g/mol. The van der Waals surface area contributed by atoms with Crippen LogP contribution in [-0.2, 0) is 0 Å². The first kappa shape index (κ1) is 11.6. The molecular weight excluding hydrogens is 196 g/mol. The molecule has 2 unspecified atom stereocenters. The second kappa shape index (κ2) is 5.44. The van der Waals surface area contributed by atoms with Crippen LogP contribution in [0, 0.1) is 6.92 Å². The number of thiazole rings is 1. The number of nitrogens with one attached hydrogen (secondary N) is 1. The van der Waals surface area contributed by atoms with Crippen molar-refractivity contribution in [2.75, 3.05) is 6.61 Å². The third-order valence-corrected chi connectivity index (χ3v) is 3.07. The minimum Gasteiger partial charge on any atom is -0.394 e. The van der Waals surface area contributed by atoms with Gasteiger partial charge in [0.05, 0.1) is 23.4 Å². The first-order valence-electron chi connectivity index (χ1n) is 4.96. The maximum Gasteiger partial charge on any atom is 0.0898 e. The van der Waals surface area contributed by atoms with E-state index < -0.39 is 0 Å². The minimum atomic E-state index is -0.0186. The molecule has 0 aliphatic rings. The summed E-state index contributed by atoms with van der Waals surface area (Å²) in [6, 6.07) is 0.393. The number of hydrogen-bond acceptors (Lipinski definition) is 4. The van der Waals surface area contributed by atoms with E-state index in [2.05, 4.69) is 24.1 Å². The first-order chi connectivity index (χ1) is 6.67. The van der Waals surface area contributed by atoms with Gasteiger partial charge in [0.15, 0.2) is 0 Å². The zero-order valence-corrected chi connectivity index (χ0v) is 9.77. The molecule has 0 amide bonds. The van der Waals surface area contributed by atoms with Crippen molar-refractivity contribution in [2.24, 2.45) is 0 Å². The van der Waals surface area contributed by atoms with Crippen molar-refractivity contribution in [1.29, 1.82) is 0 Å². The normalized spacial score (nSPS) is 15.4. The Bertz CT molecular complexity index is 275. The van der Waals surface area contributed by atoms with Crippen LogP contribution in [0.3, 0.4) is 0 Å². The summed E-state index contributed by atoms with van der Waals surface area (Å²) in [6.07, 6.45) is 1.06. The van der Waals surface area contributed by atoms with Crippen LogP contribution in [0.25, 0.3) is 0 Å². The van der Waals surface area contributed by atoms with Gasteiger partial charge in [-0.15, -0.1) is 11.3 Å². The summed E-state index contributed by atoms with van der Waals surface area (Å²) in [5.74, 6) is 0. The van der Waals surface area contributed by atoms with Gasteiger partial charge < -0.3 is 10.4 Å². The van der Waals surface area contributed by atoms with E-state index in [1.165, 1.54) is 0 Å². The Labute approximate surface area is 89.2 Å². The molecule has 0 aliphatic carbocycles. The van der Waals surface area contributed by atoms with Gasteiger partial charge in [0.2, 0.25) is 0 Å². The average Bonchev–Trinajstić information content (AvgIpc) is 2.60. The van der Waals surface area contributed by atoms with Crippen molar-refractivity contribution in [3.63, 3.8) is 0 Å². The highest BCUT2D eigenvalue weighted by Gasteiger charge is 2.14. The number of aliphatic hydroxyl groups excluding tert-OH is 1. The molecule has 3 nitrogen and oxygen atoms in total. The fourth-order valence-electron chi connectivity index (χ4n) is 1.23. The summed E-state index contributed by atoms with van der Waals surface area (Å²) in [5.41, 5.74) is 0.954. The Morgan fingerprint density at radius 3 is 2.79 bits per heavy atom. The number of nitrogens with zero attached hydrogens (tertiary/aromatic N) is 1. The molecule has 0 saturated carbocycles. The van der Waals surface area contributed by atoms with Gasteiger partial charge in [0.1, 0.15) is 0 Å². The maximum atomic E-state index is 9.24. The van der Waals surface area contributed by atoms with Crippen molar-refractivity contribution >= 4 is 11.3 Å². The summed E-state index contributed by atoms with van der Waals surface area (Å²) >= 11 is 1.62. The predicted octanol–water partition coefficient (Wildman–Crippen LogP) is 1.87. The van der Waals surface area contributed by atoms with E-state index >= 15 is 0 Å². The number of hydrogen-bond donors (Lipinski definition) is 2. The third kappa shape index (κ3) is 3.04. The Kier molecular flexibility index (Phi) is 4.51. The van der Waals surface area contributed by atoms with E-state index in [-0.39, 0.29) is 12.6 Å². The van der Waals surface area contributed by atoms with E-state index in [9.17, 15) is 5.11 Å². The molecule has 0 aliphatic heterocycles. The molecule has 0 spiro atoms. The van der Waals surface area contributed by atoms with Gasteiger partial charge in [0.25, 0.3) is 0 Å². The lowest BCUT2D eigenvalue weighted by Gasteiger charge is -2.18. The lowest BCUT2D eigenvalue weighted by molar-refractivity contribution is 0.232. The molecule has 2 atom stereocenters. The molecule has 80 valence electrons. The van der Waals surface area contributed by atoms with Crippen molar-refractivity contribution in [2.45, 2.75) is 39.3 Å². The second-order valence-electron chi connectivity index (χ2n) is 3.50. The summed E-state index contributed by atoms with van der Waals surface area (Å²) in [5, 5.41) is 15.6. The molecule has 0 aromatic carbocycles. The van der Waals surface area contributed by atoms with Gasteiger partial charge in [-0.05, 0) is 20.3 Å². The highest BCUT2D eigenvalue weighted by Crippen LogP contribution is 2.16. The summed E-state index contributed by atoms with van der Waals surface area (Å²) < 4.78 is 0. The Morgan fingerprint density at radius 2 is 2.36 bits per heavy atom. The van der Waals surface area contributed by atoms with Gasteiger partial charge in [-0.2, -0.15) is 0 Å². The molecule has 2 N–H and O–H groups in total. The van der Waals surface area contributed by atoms with Crippen LogP contribution in [0.2, 0.25) is 0 Å². The predicted molar refractivity (Wildman–Crippen MR) is 59.6 cm³/mol. The molecule has 1 heterocycles. The minimum absolute atomic E-state index is 0.0186. The van der Waals surface area contributed by atoms with Gasteiger partial charge in [-0.1, -0.05) is 6.92 Å². The molecule has 4 heteroatoms. The van der Waals surface area contributed by atoms with Crippen LogP contribution in [0.1, 0.15) is 37.0 Å². The van der Waals surface area contributed by atoms with Crippen LogP contribution >= 0.6 is 11.3 Å². The Balaban J connectivity index is 2.62. The number of aromatic nitrogens is 1. The van der Waals surface area contributed by atoms with E-state index in [0.29, 0.717) is 6.04 Å². The molecule has 0 bridgehead atoms. The molecule has 1 aromatic heterocycles. The van der Waals surface area contributed by atoms with E-state index in [1.54, 1.807) is 11.3 Å². The van der Waals surface area contributed by atoms with E-state index in [4.69, 9.17) is 0 Å². The lowest BCUT2D eigenvalue weighted by Crippen LogP contribution is -2.32. The quantitative estimate of drug-likeness (QED) is 0.786. The molecule has 1 aromatic rings.